The number of fused-ring (bicyclic) bond motifs is 1. The van der Waals surface area contributed by atoms with Gasteiger partial charge in [-0.3, -0.25) is 4.79 Å². The second kappa shape index (κ2) is 11.2. The molecule has 0 unspecified atom stereocenters. The van der Waals surface area contributed by atoms with Crippen molar-refractivity contribution in [3.8, 4) is 17.2 Å². The van der Waals surface area contributed by atoms with Crippen molar-refractivity contribution in [2.75, 3.05) is 20.8 Å². The molecule has 9 nitrogen and oxygen atoms in total. The summed E-state index contributed by atoms with van der Waals surface area (Å²) in [6, 6.07) is 10.1. The van der Waals surface area contributed by atoms with Crippen molar-refractivity contribution >= 4 is 29.1 Å². The van der Waals surface area contributed by atoms with E-state index < -0.39 is 18.5 Å². The van der Waals surface area contributed by atoms with E-state index in [1.54, 1.807) is 18.2 Å². The third kappa shape index (κ3) is 5.54. The minimum Gasteiger partial charge on any atom is -0.493 e. The van der Waals surface area contributed by atoms with Gasteiger partial charge in [-0.25, -0.2) is 9.78 Å². The van der Waals surface area contributed by atoms with Crippen LogP contribution in [0.2, 0.25) is 0 Å². The van der Waals surface area contributed by atoms with Crippen molar-refractivity contribution in [3.05, 3.63) is 76.6 Å². The molecule has 0 bridgehead atoms. The topological polar surface area (TPSA) is 112 Å². The van der Waals surface area contributed by atoms with E-state index in [9.17, 15) is 14.0 Å². The number of carboxylic acid groups (broad SMARTS) is 1. The van der Waals surface area contributed by atoms with E-state index in [0.29, 0.717) is 28.9 Å². The molecule has 4 rings (SSSR count). The fourth-order valence-electron chi connectivity index (χ4n) is 4.35. The molecule has 0 saturated carbocycles. The van der Waals surface area contributed by atoms with Gasteiger partial charge in [0, 0.05) is 24.5 Å². The average molecular weight is 522 g/mol. The van der Waals surface area contributed by atoms with Crippen LogP contribution in [0.15, 0.2) is 48.2 Å². The number of hydrogen-bond acceptors (Lipinski definition) is 6. The number of pyridine rings is 1. The van der Waals surface area contributed by atoms with Gasteiger partial charge in [0.1, 0.15) is 0 Å². The lowest BCUT2D eigenvalue weighted by atomic mass is 10.0. The predicted octanol–water partition coefficient (Wildman–Crippen LogP) is 4.07. The predicted molar refractivity (Wildman–Crippen MR) is 139 cm³/mol. The van der Waals surface area contributed by atoms with Crippen molar-refractivity contribution < 1.29 is 33.3 Å². The number of hydrogen-bond donors (Lipinski definition) is 2. The Morgan fingerprint density at radius 1 is 1.16 bits per heavy atom. The van der Waals surface area contributed by atoms with Gasteiger partial charge in [0.05, 0.1) is 32.9 Å². The summed E-state index contributed by atoms with van der Waals surface area (Å²) in [5, 5.41) is 11.9. The van der Waals surface area contributed by atoms with Gasteiger partial charge in [-0.1, -0.05) is 0 Å². The molecule has 0 saturated heterocycles. The molecule has 0 atom stereocenters. The SMILES string of the molecule is COc1cc(/C=C2/C(C)=C(CC(=O)NCc3cccn3C)c3nc(F)ccc32)cc(OC)c1OCC(=O)O. The maximum absolute atomic E-state index is 14.2. The van der Waals surface area contributed by atoms with E-state index in [0.717, 1.165) is 16.8 Å². The molecular formula is C28H28FN3O6. The molecule has 0 spiro atoms. The highest BCUT2D eigenvalue weighted by molar-refractivity contribution is 6.07. The number of rotatable bonds is 10. The van der Waals surface area contributed by atoms with Gasteiger partial charge in [-0.2, -0.15) is 4.39 Å². The Balaban J connectivity index is 1.69. The number of ether oxygens (including phenoxy) is 3. The van der Waals surface area contributed by atoms with E-state index in [1.807, 2.05) is 42.9 Å². The standard InChI is InChI=1S/C28H28FN3O6/c1-16-20(10-17-11-22(36-3)28(23(12-17)37-4)38-15-26(34)35)19-7-8-24(29)31-27(19)21(16)13-25(33)30-14-18-6-5-9-32(18)2/h5-12H,13-15H2,1-4H3,(H,30,33)(H,34,35)/b20-10-. The molecule has 3 aromatic rings. The molecule has 1 amide bonds. The lowest BCUT2D eigenvalue weighted by Gasteiger charge is -2.15. The summed E-state index contributed by atoms with van der Waals surface area (Å²) in [4.78, 5) is 27.9. The van der Waals surface area contributed by atoms with Crippen LogP contribution in [0.25, 0.3) is 17.2 Å². The normalized spacial score (nSPS) is 13.4. The highest BCUT2D eigenvalue weighted by atomic mass is 19.1. The van der Waals surface area contributed by atoms with Gasteiger partial charge in [-0.15, -0.1) is 0 Å². The number of amides is 1. The first kappa shape index (κ1) is 26.5. The monoisotopic (exact) mass is 521 g/mol. The number of nitrogens with one attached hydrogen (secondary N) is 1. The summed E-state index contributed by atoms with van der Waals surface area (Å²) < 4.78 is 32.3. The Labute approximate surface area is 219 Å². The zero-order valence-corrected chi connectivity index (χ0v) is 21.5. The van der Waals surface area contributed by atoms with Crippen LogP contribution < -0.4 is 19.5 Å². The van der Waals surface area contributed by atoms with E-state index in [4.69, 9.17) is 19.3 Å². The van der Waals surface area contributed by atoms with Gasteiger partial charge in [0.2, 0.25) is 17.6 Å². The largest absolute Gasteiger partial charge is 0.493 e. The number of carbonyl (C=O) groups excluding carboxylic acids is 1. The summed E-state index contributed by atoms with van der Waals surface area (Å²) in [5.74, 6) is -1.24. The second-order valence-corrected chi connectivity index (χ2v) is 8.69. The number of nitrogens with zero attached hydrogens (tertiary/aromatic N) is 2. The third-order valence-corrected chi connectivity index (χ3v) is 6.28. The number of benzene rings is 1. The fourth-order valence-corrected chi connectivity index (χ4v) is 4.35. The van der Waals surface area contributed by atoms with Crippen molar-refractivity contribution in [3.63, 3.8) is 0 Å². The molecule has 1 aliphatic carbocycles. The molecule has 38 heavy (non-hydrogen) atoms. The Morgan fingerprint density at radius 3 is 2.47 bits per heavy atom. The number of carboxylic acids is 1. The number of allylic oxidation sites excluding steroid dienone is 2. The summed E-state index contributed by atoms with van der Waals surface area (Å²) in [7, 11) is 4.78. The molecule has 0 radical (unpaired) electrons. The van der Waals surface area contributed by atoms with Crippen LogP contribution in [0.5, 0.6) is 17.2 Å². The minimum absolute atomic E-state index is 0.0334. The minimum atomic E-state index is -1.14. The molecule has 0 fully saturated rings. The van der Waals surface area contributed by atoms with Gasteiger partial charge < -0.3 is 29.2 Å². The summed E-state index contributed by atoms with van der Waals surface area (Å²) in [6.45, 7) is 1.68. The van der Waals surface area contributed by atoms with E-state index >= 15 is 0 Å². The second-order valence-electron chi connectivity index (χ2n) is 8.69. The van der Waals surface area contributed by atoms with Crippen LogP contribution in [0.3, 0.4) is 0 Å². The maximum atomic E-state index is 14.2. The molecule has 2 heterocycles. The van der Waals surface area contributed by atoms with Gasteiger partial charge in [0.15, 0.2) is 18.1 Å². The van der Waals surface area contributed by atoms with Crippen molar-refractivity contribution in [2.45, 2.75) is 19.9 Å². The smallest absolute Gasteiger partial charge is 0.341 e. The molecule has 0 aliphatic heterocycles. The van der Waals surface area contributed by atoms with Crippen LogP contribution in [-0.2, 0) is 23.2 Å². The van der Waals surface area contributed by atoms with Gasteiger partial charge in [0.25, 0.3) is 0 Å². The lowest BCUT2D eigenvalue weighted by molar-refractivity contribution is -0.139. The number of methoxy groups -OCH3 is 2. The molecule has 2 N–H and O–H groups in total. The summed E-state index contributed by atoms with van der Waals surface area (Å²) in [6.07, 6.45) is 3.79. The molecule has 198 valence electrons. The van der Waals surface area contributed by atoms with Gasteiger partial charge >= 0.3 is 5.97 Å². The molecule has 1 aliphatic rings. The highest BCUT2D eigenvalue weighted by Gasteiger charge is 2.27. The molecule has 2 aromatic heterocycles. The van der Waals surface area contributed by atoms with Gasteiger partial charge in [-0.05, 0) is 71.7 Å². The van der Waals surface area contributed by atoms with Crippen LogP contribution in [-0.4, -0.2) is 47.4 Å². The Morgan fingerprint density at radius 2 is 1.87 bits per heavy atom. The Hall–Kier alpha value is -4.60. The van der Waals surface area contributed by atoms with Crippen molar-refractivity contribution in [1.82, 2.24) is 14.9 Å². The Bertz CT molecular complexity index is 1430. The van der Waals surface area contributed by atoms with Crippen LogP contribution in [0.1, 0.15) is 35.9 Å². The quantitative estimate of drug-likeness (QED) is 0.387. The van der Waals surface area contributed by atoms with E-state index in [-0.39, 0.29) is 29.6 Å². The van der Waals surface area contributed by atoms with E-state index in [1.165, 1.54) is 20.3 Å². The molecule has 10 heteroatoms. The zero-order valence-electron chi connectivity index (χ0n) is 21.5. The Kier molecular flexibility index (Phi) is 7.80. The first-order chi connectivity index (χ1) is 18.2. The lowest BCUT2D eigenvalue weighted by Crippen LogP contribution is -2.24. The number of carbonyl (C=O) groups is 2. The first-order valence-corrected chi connectivity index (χ1v) is 11.8. The first-order valence-electron chi connectivity index (χ1n) is 11.8. The highest BCUT2D eigenvalue weighted by Crippen LogP contribution is 2.44. The van der Waals surface area contributed by atoms with Crippen LogP contribution in [0, 0.1) is 5.95 Å². The van der Waals surface area contributed by atoms with Crippen LogP contribution in [0.4, 0.5) is 4.39 Å². The molecular weight excluding hydrogens is 493 g/mol. The van der Waals surface area contributed by atoms with E-state index in [2.05, 4.69) is 10.3 Å². The maximum Gasteiger partial charge on any atom is 0.341 e. The van der Waals surface area contributed by atoms with Crippen molar-refractivity contribution in [2.24, 2.45) is 7.05 Å². The van der Waals surface area contributed by atoms with Crippen LogP contribution >= 0.6 is 0 Å². The fraction of sp³-hybridized carbons (Fsp3) is 0.250. The van der Waals surface area contributed by atoms with Crippen molar-refractivity contribution in [1.29, 1.82) is 0 Å². The number of aliphatic carboxylic acids is 1. The summed E-state index contributed by atoms with van der Waals surface area (Å²) >= 11 is 0. The zero-order chi connectivity index (χ0) is 27.4. The number of aryl methyl sites for hydroxylation is 1. The third-order valence-electron chi connectivity index (χ3n) is 6.28. The molecule has 1 aromatic carbocycles. The number of halogens is 1. The average Bonchev–Trinajstić information content (AvgIpc) is 3.41. The summed E-state index contributed by atoms with van der Waals surface area (Å²) in [5.41, 5.74) is 4.92. The number of aromatic nitrogens is 2.